The largest absolute Gasteiger partial charge is 0.481 e. The van der Waals surface area contributed by atoms with E-state index in [1.807, 2.05) is 13.8 Å². The molecule has 0 heterocycles. The molecule has 10 atom stereocenters. The number of alkyl halides is 2. The number of carboxylic acids is 1. The zero-order chi connectivity index (χ0) is 23.0. The number of hydrogen-bond acceptors (Lipinski definition) is 3. The van der Waals surface area contributed by atoms with E-state index in [2.05, 4.69) is 13.8 Å². The van der Waals surface area contributed by atoms with Crippen LogP contribution in [0, 0.1) is 45.8 Å². The Kier molecular flexibility index (Phi) is 5.57. The van der Waals surface area contributed by atoms with Gasteiger partial charge >= 0.3 is 5.97 Å². The topological polar surface area (TPSA) is 77.8 Å². The van der Waals surface area contributed by atoms with Crippen LogP contribution in [-0.2, 0) is 4.79 Å². The zero-order valence-corrected chi connectivity index (χ0v) is 19.4. The zero-order valence-electron chi connectivity index (χ0n) is 19.4. The molecule has 0 aliphatic heterocycles. The van der Waals surface area contributed by atoms with E-state index >= 15 is 0 Å². The first-order valence-electron chi connectivity index (χ1n) is 12.2. The summed E-state index contributed by atoms with van der Waals surface area (Å²) in [6, 6.07) is 0. The molecule has 6 heteroatoms. The highest BCUT2D eigenvalue weighted by atomic mass is 19.3. The van der Waals surface area contributed by atoms with Crippen LogP contribution in [0.5, 0.6) is 0 Å². The SMILES string of the molecule is C[C@H](CCC(=O)O)[C@H]1CCC2C3C(CC[C@@]21C)[C@@]1(C)CC(F)(F)[C@H](O)C[C@@]1(C)C[C@@H]3O. The summed E-state index contributed by atoms with van der Waals surface area (Å²) < 4.78 is 29.5. The van der Waals surface area contributed by atoms with Crippen LogP contribution in [0.25, 0.3) is 0 Å². The Morgan fingerprint density at radius 1 is 1.06 bits per heavy atom. The summed E-state index contributed by atoms with van der Waals surface area (Å²) in [5.74, 6) is -2.78. The average Bonchev–Trinajstić information content (AvgIpc) is 2.99. The molecule has 4 aliphatic rings. The first-order valence-corrected chi connectivity index (χ1v) is 12.2. The van der Waals surface area contributed by atoms with E-state index in [0.717, 1.165) is 25.7 Å². The molecule has 0 bridgehead atoms. The van der Waals surface area contributed by atoms with Gasteiger partial charge in [0.25, 0.3) is 5.92 Å². The third kappa shape index (κ3) is 3.37. The van der Waals surface area contributed by atoms with Gasteiger partial charge in [-0.1, -0.05) is 27.7 Å². The van der Waals surface area contributed by atoms with Gasteiger partial charge in [-0.3, -0.25) is 4.79 Å². The van der Waals surface area contributed by atoms with Crippen molar-refractivity contribution < 1.29 is 28.9 Å². The Bertz CT molecular complexity index is 728. The molecule has 0 spiro atoms. The van der Waals surface area contributed by atoms with Gasteiger partial charge in [-0.05, 0) is 90.8 Å². The summed E-state index contributed by atoms with van der Waals surface area (Å²) in [6.07, 6.45) is 2.71. The lowest BCUT2D eigenvalue weighted by Gasteiger charge is -2.67. The average molecular weight is 443 g/mol. The first-order chi connectivity index (χ1) is 14.3. The molecule has 0 aromatic heterocycles. The number of aliphatic hydroxyl groups is 2. The molecule has 0 saturated heterocycles. The van der Waals surface area contributed by atoms with Gasteiger partial charge in [-0.15, -0.1) is 0 Å². The first kappa shape index (κ1) is 23.4. The Morgan fingerprint density at radius 3 is 2.39 bits per heavy atom. The highest BCUT2D eigenvalue weighted by Crippen LogP contribution is 2.72. The molecule has 4 nitrogen and oxygen atoms in total. The standard InChI is InChI=1S/C25H40F2O4/c1-14(5-8-20(30)31)15-6-7-16-21-17(9-10-23(15,16)3)24(4)13-25(26,27)19(29)12-22(24,2)11-18(21)28/h14-19,21,28-29H,5-13H2,1-4H3,(H,30,31)/t14-,15-,16?,17?,18+,19-,21?,22-,23-,24-/m1/s1. The van der Waals surface area contributed by atoms with Gasteiger partial charge < -0.3 is 15.3 Å². The van der Waals surface area contributed by atoms with Crippen molar-refractivity contribution in [3.8, 4) is 0 Å². The molecule has 178 valence electrons. The monoisotopic (exact) mass is 442 g/mol. The second-order valence-corrected chi connectivity index (χ2v) is 12.3. The minimum atomic E-state index is -3.08. The summed E-state index contributed by atoms with van der Waals surface area (Å²) >= 11 is 0. The predicted octanol–water partition coefficient (Wildman–Crippen LogP) is 5.11. The highest BCUT2D eigenvalue weighted by molar-refractivity contribution is 5.66. The van der Waals surface area contributed by atoms with Gasteiger partial charge in [0.15, 0.2) is 0 Å². The van der Waals surface area contributed by atoms with Crippen LogP contribution in [0.15, 0.2) is 0 Å². The molecular weight excluding hydrogens is 402 g/mol. The van der Waals surface area contributed by atoms with Crippen LogP contribution in [0.2, 0.25) is 0 Å². The van der Waals surface area contributed by atoms with Crippen molar-refractivity contribution in [1.29, 1.82) is 0 Å². The number of halogens is 2. The van der Waals surface area contributed by atoms with Crippen molar-refractivity contribution in [3.63, 3.8) is 0 Å². The third-order valence-corrected chi connectivity index (χ3v) is 10.9. The number of fused-ring (bicyclic) bond motifs is 5. The van der Waals surface area contributed by atoms with E-state index < -0.39 is 34.9 Å². The third-order valence-electron chi connectivity index (χ3n) is 10.9. The van der Waals surface area contributed by atoms with Crippen LogP contribution in [0.1, 0.15) is 85.5 Å². The van der Waals surface area contributed by atoms with E-state index in [1.54, 1.807) is 0 Å². The predicted molar refractivity (Wildman–Crippen MR) is 114 cm³/mol. The molecule has 4 rings (SSSR count). The number of rotatable bonds is 4. The maximum Gasteiger partial charge on any atom is 0.303 e. The molecule has 4 aliphatic carbocycles. The van der Waals surface area contributed by atoms with Crippen molar-refractivity contribution in [2.45, 2.75) is 104 Å². The lowest BCUT2D eigenvalue weighted by atomic mass is 9.39. The van der Waals surface area contributed by atoms with Crippen molar-refractivity contribution in [2.24, 2.45) is 45.8 Å². The van der Waals surface area contributed by atoms with Crippen molar-refractivity contribution in [3.05, 3.63) is 0 Å². The van der Waals surface area contributed by atoms with Crippen LogP contribution < -0.4 is 0 Å². The van der Waals surface area contributed by atoms with E-state index in [1.165, 1.54) is 0 Å². The number of aliphatic hydroxyl groups excluding tert-OH is 2. The molecule has 3 N–H and O–H groups in total. The van der Waals surface area contributed by atoms with Gasteiger partial charge in [-0.2, -0.15) is 0 Å². The van der Waals surface area contributed by atoms with Gasteiger partial charge in [0.2, 0.25) is 0 Å². The lowest BCUT2D eigenvalue weighted by molar-refractivity contribution is -0.266. The number of carbonyl (C=O) groups is 1. The summed E-state index contributed by atoms with van der Waals surface area (Å²) in [6.45, 7) is 8.47. The Hall–Kier alpha value is -0.750. The number of aliphatic carboxylic acids is 1. The molecule has 4 fully saturated rings. The maximum absolute atomic E-state index is 14.7. The quantitative estimate of drug-likeness (QED) is 0.565. The molecule has 3 unspecified atom stereocenters. The van der Waals surface area contributed by atoms with Gasteiger partial charge in [0.1, 0.15) is 6.10 Å². The fraction of sp³-hybridized carbons (Fsp3) is 0.960. The summed E-state index contributed by atoms with van der Waals surface area (Å²) in [7, 11) is 0. The molecular formula is C25H40F2O4. The maximum atomic E-state index is 14.7. The summed E-state index contributed by atoms with van der Waals surface area (Å²) in [4.78, 5) is 11.1. The Morgan fingerprint density at radius 2 is 1.74 bits per heavy atom. The van der Waals surface area contributed by atoms with E-state index in [-0.39, 0.29) is 36.5 Å². The minimum absolute atomic E-state index is 0.0135. The lowest BCUT2D eigenvalue weighted by Crippen LogP contribution is -2.65. The Balaban J connectivity index is 1.62. The highest BCUT2D eigenvalue weighted by Gasteiger charge is 2.69. The van der Waals surface area contributed by atoms with Crippen LogP contribution in [-0.4, -0.2) is 39.4 Å². The van der Waals surface area contributed by atoms with Gasteiger partial charge in [-0.25, -0.2) is 8.78 Å². The van der Waals surface area contributed by atoms with E-state index in [9.17, 15) is 23.8 Å². The van der Waals surface area contributed by atoms with Crippen LogP contribution >= 0.6 is 0 Å². The molecule has 0 radical (unpaired) electrons. The molecule has 0 aromatic rings. The number of hydrogen-bond donors (Lipinski definition) is 3. The minimum Gasteiger partial charge on any atom is -0.481 e. The van der Waals surface area contributed by atoms with Crippen LogP contribution in [0.3, 0.4) is 0 Å². The van der Waals surface area contributed by atoms with E-state index in [4.69, 9.17) is 5.11 Å². The van der Waals surface area contributed by atoms with Crippen molar-refractivity contribution in [2.75, 3.05) is 0 Å². The van der Waals surface area contributed by atoms with Gasteiger partial charge in [0.05, 0.1) is 6.10 Å². The van der Waals surface area contributed by atoms with Crippen LogP contribution in [0.4, 0.5) is 8.78 Å². The fourth-order valence-corrected chi connectivity index (χ4v) is 9.13. The molecule has 4 saturated carbocycles. The Labute approximate surface area is 184 Å². The molecule has 0 amide bonds. The van der Waals surface area contributed by atoms with Crippen molar-refractivity contribution in [1.82, 2.24) is 0 Å². The normalized spacial score (nSPS) is 52.0. The van der Waals surface area contributed by atoms with Crippen molar-refractivity contribution >= 4 is 5.97 Å². The summed E-state index contributed by atoms with van der Waals surface area (Å²) in [5.41, 5.74) is -1.07. The number of carboxylic acid groups (broad SMARTS) is 1. The molecule has 0 aromatic carbocycles. The molecule has 31 heavy (non-hydrogen) atoms. The fourth-order valence-electron chi connectivity index (χ4n) is 9.13. The smallest absolute Gasteiger partial charge is 0.303 e. The van der Waals surface area contributed by atoms with E-state index in [0.29, 0.717) is 30.6 Å². The summed E-state index contributed by atoms with van der Waals surface area (Å²) in [5, 5.41) is 30.6. The van der Waals surface area contributed by atoms with Gasteiger partial charge in [0, 0.05) is 12.8 Å². The second kappa shape index (κ2) is 7.38. The second-order valence-electron chi connectivity index (χ2n) is 12.3.